The molecule has 0 fully saturated rings. The Bertz CT molecular complexity index is 2250. The van der Waals surface area contributed by atoms with Gasteiger partial charge in [0.2, 0.25) is 9.84 Å². The van der Waals surface area contributed by atoms with Crippen molar-refractivity contribution >= 4 is 53.4 Å². The number of aromatic nitrogens is 2. The minimum atomic E-state index is -3.89. The minimum Gasteiger partial charge on any atom is -0.455 e. The van der Waals surface area contributed by atoms with Gasteiger partial charge in [0, 0.05) is 32.9 Å². The van der Waals surface area contributed by atoms with Gasteiger partial charge in [-0.25, -0.2) is 8.42 Å². The van der Waals surface area contributed by atoms with Crippen LogP contribution in [0.3, 0.4) is 0 Å². The van der Waals surface area contributed by atoms with Crippen molar-refractivity contribution in [2.24, 2.45) is 0 Å². The van der Waals surface area contributed by atoms with Crippen molar-refractivity contribution in [3.05, 3.63) is 133 Å². The summed E-state index contributed by atoms with van der Waals surface area (Å²) in [5, 5.41) is 4.47. The summed E-state index contributed by atoms with van der Waals surface area (Å²) in [5.74, 6) is 0.660. The molecular weight excluding hydrogens is 540 g/mol. The van der Waals surface area contributed by atoms with Gasteiger partial charge in [0.25, 0.3) is 0 Å². The first-order valence-electron chi connectivity index (χ1n) is 13.8. The van der Waals surface area contributed by atoms with Crippen LogP contribution in [0, 0.1) is 0 Å². The molecule has 0 N–H and O–H groups in total. The maximum absolute atomic E-state index is 14.3. The summed E-state index contributed by atoms with van der Waals surface area (Å²) in [6.45, 7) is 0. The molecule has 0 radical (unpaired) electrons. The predicted molar refractivity (Wildman–Crippen MR) is 167 cm³/mol. The molecule has 6 aromatic carbocycles. The highest BCUT2D eigenvalue weighted by Crippen LogP contribution is 2.45. The molecule has 1 aliphatic heterocycles. The molecule has 0 atom stereocenters. The number of ether oxygens (including phenoxy) is 1. The van der Waals surface area contributed by atoms with Gasteiger partial charge in [0.15, 0.2) is 0 Å². The van der Waals surface area contributed by atoms with E-state index in [1.54, 1.807) is 24.3 Å². The van der Waals surface area contributed by atoms with Crippen LogP contribution in [0.25, 0.3) is 55.0 Å². The fourth-order valence-electron chi connectivity index (χ4n) is 6.50. The summed E-state index contributed by atoms with van der Waals surface area (Å²) in [4.78, 5) is 0.322. The first kappa shape index (κ1) is 23.4. The molecular formula is C36H22N2O3S. The summed E-state index contributed by atoms with van der Waals surface area (Å²) in [7, 11) is -3.89. The summed E-state index contributed by atoms with van der Waals surface area (Å²) in [6.07, 6.45) is 0. The van der Waals surface area contributed by atoms with Gasteiger partial charge in [0.05, 0.1) is 22.1 Å². The molecule has 0 unspecified atom stereocenters. The monoisotopic (exact) mass is 562 g/mol. The second kappa shape index (κ2) is 8.35. The van der Waals surface area contributed by atoms with Gasteiger partial charge >= 0.3 is 0 Å². The summed E-state index contributed by atoms with van der Waals surface area (Å²) in [5.41, 5.74) is 5.59. The zero-order valence-corrected chi connectivity index (χ0v) is 23.0. The van der Waals surface area contributed by atoms with E-state index in [0.717, 1.165) is 55.0 Å². The highest BCUT2D eigenvalue weighted by molar-refractivity contribution is 7.91. The lowest BCUT2D eigenvalue weighted by Gasteiger charge is -2.22. The highest BCUT2D eigenvalue weighted by Gasteiger charge is 2.33. The number of hydrogen-bond acceptors (Lipinski definition) is 3. The van der Waals surface area contributed by atoms with Crippen molar-refractivity contribution in [2.75, 3.05) is 0 Å². The third-order valence-electron chi connectivity index (χ3n) is 8.33. The minimum absolute atomic E-state index is 0.161. The largest absolute Gasteiger partial charge is 0.455 e. The van der Waals surface area contributed by atoms with E-state index in [9.17, 15) is 8.42 Å². The average Bonchev–Trinajstić information content (AvgIpc) is 3.54. The van der Waals surface area contributed by atoms with Crippen LogP contribution < -0.4 is 4.74 Å². The predicted octanol–water partition coefficient (Wildman–Crippen LogP) is 8.82. The molecule has 42 heavy (non-hydrogen) atoms. The molecule has 9 rings (SSSR count). The van der Waals surface area contributed by atoms with Crippen LogP contribution in [0.2, 0.25) is 0 Å². The number of para-hydroxylation sites is 4. The Balaban J connectivity index is 1.25. The van der Waals surface area contributed by atoms with E-state index in [-0.39, 0.29) is 9.79 Å². The lowest BCUT2D eigenvalue weighted by Crippen LogP contribution is -2.12. The summed E-state index contributed by atoms with van der Waals surface area (Å²) < 4.78 is 39.0. The van der Waals surface area contributed by atoms with Crippen molar-refractivity contribution in [2.45, 2.75) is 9.79 Å². The lowest BCUT2D eigenvalue weighted by molar-refractivity contribution is 0.443. The maximum atomic E-state index is 14.3. The molecule has 5 nitrogen and oxygen atoms in total. The molecule has 3 heterocycles. The molecule has 0 bridgehead atoms. The van der Waals surface area contributed by atoms with Crippen LogP contribution in [-0.4, -0.2) is 17.6 Å². The van der Waals surface area contributed by atoms with Crippen molar-refractivity contribution in [1.29, 1.82) is 0 Å². The second-order valence-corrected chi connectivity index (χ2v) is 12.5. The topological polar surface area (TPSA) is 53.2 Å². The third-order valence-corrected chi connectivity index (χ3v) is 10.1. The maximum Gasteiger partial charge on any atom is 0.214 e. The first-order chi connectivity index (χ1) is 20.6. The number of hydrogen-bond donors (Lipinski definition) is 0. The fourth-order valence-corrected chi connectivity index (χ4v) is 8.04. The second-order valence-electron chi connectivity index (χ2n) is 10.6. The number of fused-ring (bicyclic) bond motifs is 8. The number of nitrogens with zero attached hydrogens (tertiary/aromatic N) is 2. The van der Waals surface area contributed by atoms with Crippen LogP contribution >= 0.6 is 0 Å². The Hall–Kier alpha value is -5.33. The van der Waals surface area contributed by atoms with Gasteiger partial charge in [-0.15, -0.1) is 0 Å². The lowest BCUT2D eigenvalue weighted by atomic mass is 10.2. The van der Waals surface area contributed by atoms with Crippen molar-refractivity contribution in [3.63, 3.8) is 0 Å². The van der Waals surface area contributed by atoms with E-state index in [4.69, 9.17) is 4.74 Å². The fraction of sp³-hybridized carbons (Fsp3) is 0. The summed E-state index contributed by atoms with van der Waals surface area (Å²) in [6, 6.07) is 43.6. The van der Waals surface area contributed by atoms with E-state index < -0.39 is 9.84 Å². The van der Waals surface area contributed by atoms with E-state index >= 15 is 0 Å². The normalized spacial score (nSPS) is 13.8. The third kappa shape index (κ3) is 3.10. The van der Waals surface area contributed by atoms with Crippen LogP contribution in [0.15, 0.2) is 143 Å². The van der Waals surface area contributed by atoms with E-state index in [1.807, 2.05) is 60.7 Å². The Kier molecular flexibility index (Phi) is 4.65. The van der Waals surface area contributed by atoms with Gasteiger partial charge in [-0.3, -0.25) is 0 Å². The Labute approximate surface area is 241 Å². The first-order valence-corrected chi connectivity index (χ1v) is 15.3. The molecule has 0 amide bonds. The average molecular weight is 563 g/mol. The molecule has 0 saturated heterocycles. The van der Waals surface area contributed by atoms with Gasteiger partial charge < -0.3 is 13.9 Å². The Morgan fingerprint density at radius 1 is 0.429 bits per heavy atom. The van der Waals surface area contributed by atoms with Gasteiger partial charge in [-0.05, 0) is 60.7 Å². The number of benzene rings is 6. The van der Waals surface area contributed by atoms with Gasteiger partial charge in [-0.2, -0.15) is 0 Å². The SMILES string of the molecule is O=S1(=O)c2cc(-n3c4ccccc4c4ccccc43)ccc2Oc2ccc(-n3c4ccccc4c4ccccc43)cc21. The molecule has 0 saturated carbocycles. The van der Waals surface area contributed by atoms with Crippen molar-refractivity contribution in [1.82, 2.24) is 9.13 Å². The Morgan fingerprint density at radius 2 is 0.762 bits per heavy atom. The molecule has 0 aliphatic carbocycles. The number of sulfone groups is 1. The molecule has 1 aliphatic rings. The molecule has 0 spiro atoms. The van der Waals surface area contributed by atoms with Crippen LogP contribution in [0.4, 0.5) is 0 Å². The number of rotatable bonds is 2. The quantitative estimate of drug-likeness (QED) is 0.212. The van der Waals surface area contributed by atoms with Crippen LogP contribution in [0.1, 0.15) is 0 Å². The van der Waals surface area contributed by atoms with Crippen molar-refractivity contribution < 1.29 is 13.2 Å². The van der Waals surface area contributed by atoms with Gasteiger partial charge in [-0.1, -0.05) is 72.8 Å². The van der Waals surface area contributed by atoms with E-state index in [0.29, 0.717) is 11.5 Å². The molecule has 6 heteroatoms. The summed E-state index contributed by atoms with van der Waals surface area (Å²) >= 11 is 0. The standard InChI is InChI=1S/C36H22N2O3S/c39-42(40)35-21-23(37-29-13-5-1-9-25(29)26-10-2-6-14-30(26)37)17-19-33(35)41-34-20-18-24(22-36(34)42)38-31-15-7-3-11-27(31)28-12-4-8-16-32(28)38/h1-22H. The van der Waals surface area contributed by atoms with Crippen molar-refractivity contribution in [3.8, 4) is 22.9 Å². The zero-order chi connectivity index (χ0) is 28.0. The smallest absolute Gasteiger partial charge is 0.214 e. The molecule has 200 valence electrons. The van der Waals surface area contributed by atoms with E-state index in [2.05, 4.69) is 57.7 Å². The Morgan fingerprint density at radius 3 is 1.12 bits per heavy atom. The molecule has 8 aromatic rings. The molecule has 2 aromatic heterocycles. The highest BCUT2D eigenvalue weighted by atomic mass is 32.2. The van der Waals surface area contributed by atoms with E-state index in [1.165, 1.54) is 0 Å². The zero-order valence-electron chi connectivity index (χ0n) is 22.2. The van der Waals surface area contributed by atoms with Gasteiger partial charge in [0.1, 0.15) is 21.3 Å². The van der Waals surface area contributed by atoms with Crippen LogP contribution in [-0.2, 0) is 9.84 Å². The van der Waals surface area contributed by atoms with Crippen LogP contribution in [0.5, 0.6) is 11.5 Å².